The molecule has 0 saturated heterocycles. The van der Waals surface area contributed by atoms with Crippen molar-refractivity contribution in [1.82, 2.24) is 10.6 Å². The average Bonchev–Trinajstić information content (AvgIpc) is 2.56. The topological polar surface area (TPSA) is 45.7 Å². The van der Waals surface area contributed by atoms with E-state index in [0.29, 0.717) is 13.2 Å². The molecule has 0 fully saturated rings. The van der Waals surface area contributed by atoms with Crippen LogP contribution in [0.2, 0.25) is 0 Å². The van der Waals surface area contributed by atoms with Crippen LogP contribution in [0, 0.1) is 0 Å². The molecule has 0 aromatic heterocycles. The molecule has 1 aromatic rings. The number of rotatable bonds is 9. The van der Waals surface area contributed by atoms with Gasteiger partial charge in [0.25, 0.3) is 0 Å². The Bertz CT molecular complexity index is 521. The van der Waals surface area contributed by atoms with Crippen molar-refractivity contribution in [3.05, 3.63) is 35.4 Å². The zero-order valence-electron chi connectivity index (χ0n) is 16.4. The maximum atomic E-state index is 5.67. The number of thioether (sulfide) groups is 1. The number of guanidine groups is 1. The second kappa shape index (κ2) is 12.8. The fourth-order valence-corrected chi connectivity index (χ4v) is 2.18. The van der Waals surface area contributed by atoms with Gasteiger partial charge in [-0.3, -0.25) is 0 Å². The summed E-state index contributed by atoms with van der Waals surface area (Å²) in [7, 11) is 0. The number of nitrogens with zero attached hydrogens (tertiary/aromatic N) is 1. The van der Waals surface area contributed by atoms with Crippen LogP contribution in [0.15, 0.2) is 29.3 Å². The van der Waals surface area contributed by atoms with Crippen LogP contribution in [-0.2, 0) is 17.9 Å². The molecule has 6 heteroatoms. The van der Waals surface area contributed by atoms with Crippen molar-refractivity contribution in [3.63, 3.8) is 0 Å². The Morgan fingerprint density at radius 3 is 2.52 bits per heavy atom. The number of hydrogen-bond acceptors (Lipinski definition) is 3. The Balaban J connectivity index is 0.00000576. The Morgan fingerprint density at radius 1 is 1.24 bits per heavy atom. The van der Waals surface area contributed by atoms with Gasteiger partial charge < -0.3 is 15.4 Å². The van der Waals surface area contributed by atoms with E-state index in [9.17, 15) is 0 Å². The highest BCUT2D eigenvalue weighted by Gasteiger charge is 2.16. The summed E-state index contributed by atoms with van der Waals surface area (Å²) < 4.78 is 5.86. The number of ether oxygens (including phenoxy) is 1. The summed E-state index contributed by atoms with van der Waals surface area (Å²) in [6, 6.07) is 8.44. The minimum Gasteiger partial charge on any atom is -0.374 e. The van der Waals surface area contributed by atoms with Crippen LogP contribution in [0.3, 0.4) is 0 Å². The lowest BCUT2D eigenvalue weighted by molar-refractivity contribution is 0.0657. The van der Waals surface area contributed by atoms with Gasteiger partial charge in [-0.1, -0.05) is 24.3 Å². The first-order chi connectivity index (χ1) is 11.4. The van der Waals surface area contributed by atoms with E-state index < -0.39 is 0 Å². The van der Waals surface area contributed by atoms with Crippen molar-refractivity contribution in [1.29, 1.82) is 0 Å². The lowest BCUT2D eigenvalue weighted by Crippen LogP contribution is -2.43. The third-order valence-corrected chi connectivity index (χ3v) is 4.82. The zero-order chi connectivity index (χ0) is 18.0. The predicted octanol–water partition coefficient (Wildman–Crippen LogP) is 4.43. The highest BCUT2D eigenvalue weighted by Crippen LogP contribution is 2.19. The fourth-order valence-electron chi connectivity index (χ4n) is 1.96. The second-order valence-corrected chi connectivity index (χ2v) is 8.21. The largest absolute Gasteiger partial charge is 0.374 e. The summed E-state index contributed by atoms with van der Waals surface area (Å²) in [6.45, 7) is 13.7. The van der Waals surface area contributed by atoms with Crippen molar-refractivity contribution in [2.24, 2.45) is 4.99 Å². The van der Waals surface area contributed by atoms with E-state index >= 15 is 0 Å². The molecule has 0 aliphatic rings. The number of nitrogens with one attached hydrogen (secondary N) is 2. The van der Waals surface area contributed by atoms with Gasteiger partial charge in [0.05, 0.1) is 19.3 Å². The Kier molecular flexibility index (Phi) is 12.6. The van der Waals surface area contributed by atoms with Crippen LogP contribution in [0.4, 0.5) is 0 Å². The zero-order valence-corrected chi connectivity index (χ0v) is 19.5. The van der Waals surface area contributed by atoms with E-state index in [1.54, 1.807) is 0 Å². The van der Waals surface area contributed by atoms with E-state index in [0.717, 1.165) is 19.0 Å². The predicted molar refractivity (Wildman–Crippen MR) is 122 cm³/mol. The minimum absolute atomic E-state index is 0. The first kappa shape index (κ1) is 24.5. The van der Waals surface area contributed by atoms with E-state index in [1.807, 2.05) is 11.8 Å². The van der Waals surface area contributed by atoms with Crippen LogP contribution in [-0.4, -0.2) is 36.2 Å². The number of benzene rings is 1. The maximum absolute atomic E-state index is 5.67. The van der Waals surface area contributed by atoms with E-state index in [4.69, 9.17) is 9.73 Å². The van der Waals surface area contributed by atoms with Gasteiger partial charge in [0.15, 0.2) is 5.96 Å². The smallest absolute Gasteiger partial charge is 0.191 e. The number of hydrogen-bond donors (Lipinski definition) is 2. The quantitative estimate of drug-likeness (QED) is 0.313. The molecular formula is C19H34IN3OS. The molecular weight excluding hydrogens is 445 g/mol. The van der Waals surface area contributed by atoms with Crippen LogP contribution >= 0.6 is 35.7 Å². The highest BCUT2D eigenvalue weighted by molar-refractivity contribution is 14.0. The van der Waals surface area contributed by atoms with Gasteiger partial charge >= 0.3 is 0 Å². The molecule has 0 spiro atoms. The average molecular weight is 479 g/mol. The van der Waals surface area contributed by atoms with Gasteiger partial charge in [0, 0.05) is 17.8 Å². The Labute approximate surface area is 175 Å². The monoisotopic (exact) mass is 479 g/mol. The molecule has 0 radical (unpaired) electrons. The van der Waals surface area contributed by atoms with Crippen molar-refractivity contribution in [3.8, 4) is 0 Å². The van der Waals surface area contributed by atoms with Gasteiger partial charge in [-0.2, -0.15) is 11.8 Å². The van der Waals surface area contributed by atoms with Gasteiger partial charge in [-0.15, -0.1) is 24.0 Å². The molecule has 1 aromatic carbocycles. The van der Waals surface area contributed by atoms with Crippen LogP contribution < -0.4 is 10.6 Å². The molecule has 25 heavy (non-hydrogen) atoms. The Hall–Kier alpha value is -0.470. The van der Waals surface area contributed by atoms with Crippen LogP contribution in [0.25, 0.3) is 0 Å². The van der Waals surface area contributed by atoms with Crippen molar-refractivity contribution in [2.45, 2.75) is 58.6 Å². The van der Waals surface area contributed by atoms with Crippen molar-refractivity contribution >= 4 is 41.7 Å². The molecule has 2 N–H and O–H groups in total. The fraction of sp³-hybridized carbons (Fsp3) is 0.632. The normalized spacial score (nSPS) is 12.0. The summed E-state index contributed by atoms with van der Waals surface area (Å²) in [5, 5.41) is 6.74. The number of halogens is 1. The summed E-state index contributed by atoms with van der Waals surface area (Å²) in [4.78, 5) is 4.70. The first-order valence-electron chi connectivity index (χ1n) is 8.63. The highest BCUT2D eigenvalue weighted by atomic mass is 127. The summed E-state index contributed by atoms with van der Waals surface area (Å²) >= 11 is 1.85. The van der Waals surface area contributed by atoms with Crippen molar-refractivity contribution in [2.75, 3.05) is 19.3 Å². The summed E-state index contributed by atoms with van der Waals surface area (Å²) in [5.74, 6) is 0.864. The van der Waals surface area contributed by atoms with E-state index in [1.165, 1.54) is 11.1 Å². The lowest BCUT2D eigenvalue weighted by atomic mass is 10.1. The molecule has 144 valence electrons. The third-order valence-electron chi connectivity index (χ3n) is 3.57. The van der Waals surface area contributed by atoms with Crippen LogP contribution in [0.5, 0.6) is 0 Å². The SMILES string of the molecule is CCNC(=NCc1cccc(COC(C)C)c1)NCC(C)(C)SC.I. The second-order valence-electron chi connectivity index (χ2n) is 6.69. The maximum Gasteiger partial charge on any atom is 0.191 e. The summed E-state index contributed by atoms with van der Waals surface area (Å²) in [5.41, 5.74) is 2.39. The molecule has 0 aliphatic carbocycles. The van der Waals surface area contributed by atoms with Gasteiger partial charge in [-0.05, 0) is 52.0 Å². The molecule has 0 unspecified atom stereocenters. The molecule has 0 aliphatic heterocycles. The molecule has 4 nitrogen and oxygen atoms in total. The third kappa shape index (κ3) is 11.0. The molecule has 0 saturated carbocycles. The first-order valence-corrected chi connectivity index (χ1v) is 9.85. The van der Waals surface area contributed by atoms with Gasteiger partial charge in [-0.25, -0.2) is 4.99 Å². The Morgan fingerprint density at radius 2 is 1.92 bits per heavy atom. The molecule has 0 heterocycles. The molecule has 0 atom stereocenters. The summed E-state index contributed by atoms with van der Waals surface area (Å²) in [6.07, 6.45) is 2.38. The molecule has 1 rings (SSSR count). The van der Waals surface area contributed by atoms with Crippen LogP contribution in [0.1, 0.15) is 45.7 Å². The van der Waals surface area contributed by atoms with Gasteiger partial charge in [0.2, 0.25) is 0 Å². The number of aliphatic imine (C=N–C) groups is 1. The lowest BCUT2D eigenvalue weighted by Gasteiger charge is -2.23. The van der Waals surface area contributed by atoms with E-state index in [2.05, 4.69) is 75.8 Å². The molecule has 0 amide bonds. The van der Waals surface area contributed by atoms with Gasteiger partial charge in [0.1, 0.15) is 0 Å². The standard InChI is InChI=1S/C19H33N3OS.HI/c1-7-20-18(22-14-19(4,5)24-6)21-12-16-9-8-10-17(11-16)13-23-15(2)3;/h8-11,15H,7,12-14H2,1-6H3,(H2,20,21,22);1H. The van der Waals surface area contributed by atoms with E-state index in [-0.39, 0.29) is 34.8 Å². The minimum atomic E-state index is 0. The molecule has 0 bridgehead atoms. The van der Waals surface area contributed by atoms with Crippen molar-refractivity contribution < 1.29 is 4.74 Å².